The minimum Gasteiger partial charge on any atom is -0.373 e. The van der Waals surface area contributed by atoms with Crippen molar-refractivity contribution >= 4 is 5.82 Å². The van der Waals surface area contributed by atoms with E-state index in [-0.39, 0.29) is 0 Å². The molecule has 172 valence electrons. The molecule has 0 radical (unpaired) electrons. The number of anilines is 1. The zero-order valence-corrected chi connectivity index (χ0v) is 19.8. The highest BCUT2D eigenvalue weighted by Gasteiger charge is 2.32. The number of hydrogen-bond acceptors (Lipinski definition) is 6. The van der Waals surface area contributed by atoms with Crippen molar-refractivity contribution in [3.05, 3.63) is 53.0 Å². The molecule has 32 heavy (non-hydrogen) atoms. The van der Waals surface area contributed by atoms with Crippen LogP contribution >= 0.6 is 0 Å². The Hall–Kier alpha value is -2.02. The van der Waals surface area contributed by atoms with Crippen LogP contribution in [0.4, 0.5) is 5.82 Å². The van der Waals surface area contributed by atoms with Crippen molar-refractivity contribution in [3.8, 4) is 0 Å². The summed E-state index contributed by atoms with van der Waals surface area (Å²) >= 11 is 0. The molecule has 4 heterocycles. The fourth-order valence-electron chi connectivity index (χ4n) is 5.78. The van der Waals surface area contributed by atoms with Crippen molar-refractivity contribution in [1.29, 1.82) is 0 Å². The third-order valence-electron chi connectivity index (χ3n) is 7.21. The van der Waals surface area contributed by atoms with Gasteiger partial charge in [-0.1, -0.05) is 30.3 Å². The third-order valence-corrected chi connectivity index (χ3v) is 7.21. The Labute approximate surface area is 192 Å². The Balaban J connectivity index is 1.26. The predicted molar refractivity (Wildman–Crippen MR) is 128 cm³/mol. The topological polar surface area (TPSA) is 44.7 Å². The molecule has 2 aromatic rings. The quantitative estimate of drug-likeness (QED) is 0.733. The largest absolute Gasteiger partial charge is 0.373 e. The average molecular weight is 436 g/mol. The highest BCUT2D eigenvalue weighted by molar-refractivity contribution is 5.51. The van der Waals surface area contributed by atoms with Gasteiger partial charge in [0.1, 0.15) is 11.6 Å². The monoisotopic (exact) mass is 435 g/mol. The maximum Gasteiger partial charge on any atom is 0.135 e. The van der Waals surface area contributed by atoms with Gasteiger partial charge in [0.15, 0.2) is 0 Å². The lowest BCUT2D eigenvalue weighted by Crippen LogP contribution is -2.53. The molecular weight excluding hydrogens is 398 g/mol. The van der Waals surface area contributed by atoms with Gasteiger partial charge in [0.2, 0.25) is 0 Å². The van der Waals surface area contributed by atoms with E-state index >= 15 is 0 Å². The molecule has 3 aliphatic rings. The number of aryl methyl sites for hydroxylation is 1. The van der Waals surface area contributed by atoms with E-state index in [4.69, 9.17) is 14.7 Å². The normalized spacial score (nSPS) is 25.7. The third kappa shape index (κ3) is 4.82. The van der Waals surface area contributed by atoms with Crippen molar-refractivity contribution in [2.24, 2.45) is 0 Å². The SMILES string of the molecule is Cc1nc2c(c(N3CCC(N4CC(C)OC(C)C4)CC3)n1)CCN(Cc1ccccc1)C2. The summed E-state index contributed by atoms with van der Waals surface area (Å²) in [7, 11) is 0. The first-order valence-corrected chi connectivity index (χ1v) is 12.3. The van der Waals surface area contributed by atoms with Gasteiger partial charge in [-0.2, -0.15) is 0 Å². The molecule has 2 fully saturated rings. The first-order chi connectivity index (χ1) is 15.5. The van der Waals surface area contributed by atoms with E-state index in [0.717, 1.165) is 58.1 Å². The van der Waals surface area contributed by atoms with Crippen LogP contribution in [0.25, 0.3) is 0 Å². The van der Waals surface area contributed by atoms with E-state index in [2.05, 4.69) is 58.9 Å². The van der Waals surface area contributed by atoms with Gasteiger partial charge in [0.05, 0.1) is 17.9 Å². The first-order valence-electron chi connectivity index (χ1n) is 12.3. The van der Waals surface area contributed by atoms with Crippen LogP contribution in [0.1, 0.15) is 49.3 Å². The molecule has 5 rings (SSSR count). The Bertz CT molecular complexity index is 902. The number of benzene rings is 1. The summed E-state index contributed by atoms with van der Waals surface area (Å²) in [4.78, 5) is 17.5. The van der Waals surface area contributed by atoms with Gasteiger partial charge in [0.25, 0.3) is 0 Å². The van der Waals surface area contributed by atoms with E-state index in [0.29, 0.717) is 18.2 Å². The molecule has 2 saturated heterocycles. The maximum atomic E-state index is 5.95. The van der Waals surface area contributed by atoms with Crippen LogP contribution in [0.5, 0.6) is 0 Å². The summed E-state index contributed by atoms with van der Waals surface area (Å²) in [6.45, 7) is 13.7. The van der Waals surface area contributed by atoms with Gasteiger partial charge in [-0.25, -0.2) is 9.97 Å². The van der Waals surface area contributed by atoms with Crippen molar-refractivity contribution in [1.82, 2.24) is 19.8 Å². The zero-order chi connectivity index (χ0) is 22.1. The van der Waals surface area contributed by atoms with Crippen molar-refractivity contribution in [2.75, 3.05) is 37.6 Å². The number of ether oxygens (including phenoxy) is 1. The maximum absolute atomic E-state index is 5.95. The van der Waals surface area contributed by atoms with Crippen LogP contribution in [-0.2, 0) is 24.2 Å². The van der Waals surface area contributed by atoms with E-state index < -0.39 is 0 Å². The molecule has 1 aromatic carbocycles. The molecule has 6 heteroatoms. The molecule has 2 unspecified atom stereocenters. The van der Waals surface area contributed by atoms with Crippen molar-refractivity contribution in [3.63, 3.8) is 0 Å². The fourth-order valence-corrected chi connectivity index (χ4v) is 5.78. The summed E-state index contributed by atoms with van der Waals surface area (Å²) in [6.07, 6.45) is 4.13. The Morgan fingerprint density at radius 1 is 0.969 bits per heavy atom. The first kappa shape index (κ1) is 21.8. The average Bonchev–Trinajstić information content (AvgIpc) is 2.78. The van der Waals surface area contributed by atoms with E-state index in [1.165, 1.54) is 35.5 Å². The number of nitrogens with zero attached hydrogens (tertiary/aromatic N) is 5. The zero-order valence-electron chi connectivity index (χ0n) is 19.8. The summed E-state index contributed by atoms with van der Waals surface area (Å²) in [6, 6.07) is 11.4. The Morgan fingerprint density at radius 3 is 2.41 bits per heavy atom. The number of hydrogen-bond donors (Lipinski definition) is 0. The van der Waals surface area contributed by atoms with E-state index in [1.54, 1.807) is 0 Å². The van der Waals surface area contributed by atoms with Crippen LogP contribution in [-0.4, -0.2) is 70.7 Å². The number of fused-ring (bicyclic) bond motifs is 1. The summed E-state index contributed by atoms with van der Waals surface area (Å²) in [5.74, 6) is 2.10. The smallest absolute Gasteiger partial charge is 0.135 e. The number of aromatic nitrogens is 2. The second-order valence-corrected chi connectivity index (χ2v) is 9.90. The minimum atomic E-state index is 0.340. The second-order valence-electron chi connectivity index (χ2n) is 9.90. The van der Waals surface area contributed by atoms with Gasteiger partial charge >= 0.3 is 0 Å². The van der Waals surface area contributed by atoms with Crippen LogP contribution in [0, 0.1) is 6.92 Å². The minimum absolute atomic E-state index is 0.340. The Morgan fingerprint density at radius 2 is 1.69 bits per heavy atom. The van der Waals surface area contributed by atoms with E-state index in [9.17, 15) is 0 Å². The second kappa shape index (κ2) is 9.46. The van der Waals surface area contributed by atoms with Crippen molar-refractivity contribution in [2.45, 2.75) is 71.4 Å². The number of piperidine rings is 1. The molecule has 2 atom stereocenters. The fraction of sp³-hybridized carbons (Fsp3) is 0.615. The van der Waals surface area contributed by atoms with Gasteiger partial charge in [-0.15, -0.1) is 0 Å². The van der Waals surface area contributed by atoms with Crippen molar-refractivity contribution < 1.29 is 4.74 Å². The highest BCUT2D eigenvalue weighted by Crippen LogP contribution is 2.30. The van der Waals surface area contributed by atoms with Gasteiger partial charge in [0, 0.05) is 57.4 Å². The number of rotatable bonds is 4. The lowest BCUT2D eigenvalue weighted by atomic mass is 9.99. The van der Waals surface area contributed by atoms with Crippen LogP contribution in [0.3, 0.4) is 0 Å². The molecular formula is C26H37N5O. The molecule has 0 saturated carbocycles. The summed E-state index contributed by atoms with van der Waals surface area (Å²) in [5, 5.41) is 0. The molecule has 1 aromatic heterocycles. The van der Waals surface area contributed by atoms with Crippen LogP contribution in [0.15, 0.2) is 30.3 Å². The summed E-state index contributed by atoms with van der Waals surface area (Å²) < 4.78 is 5.95. The molecule has 0 spiro atoms. The number of morpholine rings is 1. The van der Waals surface area contributed by atoms with Gasteiger partial charge < -0.3 is 9.64 Å². The lowest BCUT2D eigenvalue weighted by molar-refractivity contribution is -0.0826. The molecule has 6 nitrogen and oxygen atoms in total. The highest BCUT2D eigenvalue weighted by atomic mass is 16.5. The van der Waals surface area contributed by atoms with Gasteiger partial charge in [-0.05, 0) is 45.6 Å². The van der Waals surface area contributed by atoms with E-state index in [1.807, 2.05) is 6.92 Å². The predicted octanol–water partition coefficient (Wildman–Crippen LogP) is 3.42. The molecule has 0 bridgehead atoms. The van der Waals surface area contributed by atoms with Gasteiger partial charge in [-0.3, -0.25) is 9.80 Å². The van der Waals surface area contributed by atoms with Crippen LogP contribution < -0.4 is 4.90 Å². The summed E-state index contributed by atoms with van der Waals surface area (Å²) in [5.41, 5.74) is 3.98. The lowest BCUT2D eigenvalue weighted by Gasteiger charge is -2.44. The Kier molecular flexibility index (Phi) is 6.44. The molecule has 0 aliphatic carbocycles. The van der Waals surface area contributed by atoms with Crippen LogP contribution in [0.2, 0.25) is 0 Å². The molecule has 0 N–H and O–H groups in total. The standard InChI is InChI=1S/C26H37N5O/c1-19-15-31(16-20(2)32-19)23-9-13-30(14-10-23)26-24-11-12-29(17-22-7-5-4-6-8-22)18-25(24)27-21(3)28-26/h4-8,19-20,23H,9-18H2,1-3H3. The molecule has 0 amide bonds. The molecule has 3 aliphatic heterocycles.